The van der Waals surface area contributed by atoms with E-state index in [2.05, 4.69) is 10.9 Å². The molecular formula is C23H27N3O5S. The number of hydrazine groups is 1. The Kier molecular flexibility index (Phi) is 6.48. The summed E-state index contributed by atoms with van der Waals surface area (Å²) in [5.74, 6) is -1.59. The molecule has 0 saturated carbocycles. The molecule has 2 amide bonds. The highest BCUT2D eigenvalue weighted by Crippen LogP contribution is 2.28. The van der Waals surface area contributed by atoms with Crippen molar-refractivity contribution in [3.05, 3.63) is 59.2 Å². The number of benzene rings is 2. The maximum atomic E-state index is 13.1. The van der Waals surface area contributed by atoms with E-state index >= 15 is 0 Å². The van der Waals surface area contributed by atoms with E-state index in [4.69, 9.17) is 0 Å². The number of hydrogen-bond donors (Lipinski definition) is 3. The number of sulfonamides is 1. The Labute approximate surface area is 187 Å². The van der Waals surface area contributed by atoms with Crippen LogP contribution in [0.4, 0.5) is 0 Å². The van der Waals surface area contributed by atoms with Gasteiger partial charge in [0, 0.05) is 19.0 Å². The number of carbonyl (C=O) groups is 2. The number of aromatic hydroxyl groups is 1. The summed E-state index contributed by atoms with van der Waals surface area (Å²) in [6, 6.07) is 11.4. The molecule has 3 N–H and O–H groups in total. The van der Waals surface area contributed by atoms with Gasteiger partial charge in [0.25, 0.3) is 5.91 Å². The van der Waals surface area contributed by atoms with Gasteiger partial charge in [-0.3, -0.25) is 20.4 Å². The van der Waals surface area contributed by atoms with Crippen molar-refractivity contribution in [1.29, 1.82) is 0 Å². The van der Waals surface area contributed by atoms with Gasteiger partial charge in [-0.25, -0.2) is 8.42 Å². The van der Waals surface area contributed by atoms with Crippen molar-refractivity contribution in [3.8, 4) is 5.75 Å². The Morgan fingerprint density at radius 2 is 1.62 bits per heavy atom. The Morgan fingerprint density at radius 1 is 0.938 bits per heavy atom. The van der Waals surface area contributed by atoms with Crippen LogP contribution in [0.25, 0.3) is 0 Å². The van der Waals surface area contributed by atoms with Crippen LogP contribution in [-0.4, -0.2) is 42.7 Å². The Hall–Kier alpha value is -2.91. The second-order valence-corrected chi connectivity index (χ2v) is 10.2. The molecule has 1 fully saturated rings. The minimum absolute atomic E-state index is 0.0544. The van der Waals surface area contributed by atoms with E-state index in [9.17, 15) is 23.1 Å². The molecule has 1 heterocycles. The molecule has 1 saturated heterocycles. The molecule has 170 valence electrons. The highest BCUT2D eigenvalue weighted by molar-refractivity contribution is 7.89. The normalized spacial score (nSPS) is 17.4. The van der Waals surface area contributed by atoms with E-state index in [1.54, 1.807) is 24.3 Å². The molecule has 2 aromatic carbocycles. The molecule has 0 spiro atoms. The molecule has 8 nitrogen and oxygen atoms in total. The number of nitrogens with one attached hydrogen (secondary N) is 2. The summed E-state index contributed by atoms with van der Waals surface area (Å²) in [4.78, 5) is 24.9. The van der Waals surface area contributed by atoms with Gasteiger partial charge < -0.3 is 5.11 Å². The third kappa shape index (κ3) is 4.63. The lowest BCUT2D eigenvalue weighted by atomic mass is 9.92. The summed E-state index contributed by atoms with van der Waals surface area (Å²) in [6.45, 7) is 0.482. The molecule has 0 aromatic heterocycles. The zero-order chi connectivity index (χ0) is 22.7. The van der Waals surface area contributed by atoms with Crippen LogP contribution in [0.2, 0.25) is 0 Å². The molecule has 0 unspecified atom stereocenters. The fourth-order valence-corrected chi connectivity index (χ4v) is 5.85. The third-order valence-corrected chi connectivity index (χ3v) is 8.12. The zero-order valence-electron chi connectivity index (χ0n) is 17.7. The molecule has 0 radical (unpaired) electrons. The summed E-state index contributed by atoms with van der Waals surface area (Å²) in [7, 11) is -3.61. The predicted octanol–water partition coefficient (Wildman–Crippen LogP) is 2.13. The minimum Gasteiger partial charge on any atom is -0.507 e. The van der Waals surface area contributed by atoms with Crippen molar-refractivity contribution in [3.63, 3.8) is 0 Å². The predicted molar refractivity (Wildman–Crippen MR) is 118 cm³/mol. The number of phenolic OH excluding ortho intramolecular Hbond substituents is 1. The summed E-state index contributed by atoms with van der Waals surface area (Å²) < 4.78 is 27.6. The fraction of sp³-hybridized carbons (Fsp3) is 0.391. The van der Waals surface area contributed by atoms with Crippen molar-refractivity contribution in [2.24, 2.45) is 5.92 Å². The molecule has 4 rings (SSSR count). The van der Waals surface area contributed by atoms with Gasteiger partial charge in [-0.05, 0) is 73.9 Å². The summed E-state index contributed by atoms with van der Waals surface area (Å²) in [5, 5.41) is 9.72. The van der Waals surface area contributed by atoms with Gasteiger partial charge in [0.05, 0.1) is 10.5 Å². The second kappa shape index (κ2) is 9.30. The van der Waals surface area contributed by atoms with E-state index in [0.717, 1.165) is 31.2 Å². The number of phenols is 1. The number of aryl methyl sites for hydroxylation is 2. The van der Waals surface area contributed by atoms with Gasteiger partial charge >= 0.3 is 0 Å². The maximum Gasteiger partial charge on any atom is 0.273 e. The molecule has 1 aliphatic heterocycles. The molecular weight excluding hydrogens is 430 g/mol. The van der Waals surface area contributed by atoms with Crippen LogP contribution in [0, 0.1) is 5.92 Å². The van der Waals surface area contributed by atoms with E-state index in [1.807, 2.05) is 6.07 Å². The lowest BCUT2D eigenvalue weighted by Gasteiger charge is -2.30. The van der Waals surface area contributed by atoms with Gasteiger partial charge in [-0.1, -0.05) is 18.2 Å². The largest absolute Gasteiger partial charge is 0.507 e. The van der Waals surface area contributed by atoms with Gasteiger partial charge in [-0.15, -0.1) is 0 Å². The van der Waals surface area contributed by atoms with E-state index in [0.29, 0.717) is 17.7 Å². The number of para-hydroxylation sites is 1. The van der Waals surface area contributed by atoms with Crippen LogP contribution < -0.4 is 10.9 Å². The van der Waals surface area contributed by atoms with Crippen LogP contribution in [0.1, 0.15) is 47.2 Å². The molecule has 0 atom stereocenters. The molecule has 32 heavy (non-hydrogen) atoms. The first kappa shape index (κ1) is 22.3. The number of rotatable bonds is 4. The Bertz CT molecular complexity index is 1120. The maximum absolute atomic E-state index is 13.1. The van der Waals surface area contributed by atoms with Crippen molar-refractivity contribution >= 4 is 21.8 Å². The van der Waals surface area contributed by atoms with Crippen molar-refractivity contribution in [2.45, 2.75) is 43.4 Å². The highest BCUT2D eigenvalue weighted by Gasteiger charge is 2.32. The Morgan fingerprint density at radius 3 is 2.34 bits per heavy atom. The highest BCUT2D eigenvalue weighted by atomic mass is 32.2. The first-order valence-electron chi connectivity index (χ1n) is 10.9. The zero-order valence-corrected chi connectivity index (χ0v) is 18.5. The summed E-state index contributed by atoms with van der Waals surface area (Å²) >= 11 is 0. The lowest BCUT2D eigenvalue weighted by molar-refractivity contribution is -0.126. The van der Waals surface area contributed by atoms with E-state index < -0.39 is 21.8 Å². The third-order valence-electron chi connectivity index (χ3n) is 6.23. The molecule has 2 aromatic rings. The van der Waals surface area contributed by atoms with Gasteiger partial charge in [0.2, 0.25) is 15.9 Å². The number of nitrogens with zero attached hydrogens (tertiary/aromatic N) is 1. The fourth-order valence-electron chi connectivity index (χ4n) is 4.33. The van der Waals surface area contributed by atoms with Crippen LogP contribution in [0.15, 0.2) is 47.4 Å². The molecule has 2 aliphatic rings. The number of carbonyl (C=O) groups excluding carboxylic acids is 2. The monoisotopic (exact) mass is 457 g/mol. The average molecular weight is 458 g/mol. The number of amides is 2. The van der Waals surface area contributed by atoms with Crippen LogP contribution >= 0.6 is 0 Å². The van der Waals surface area contributed by atoms with Gasteiger partial charge in [0.1, 0.15) is 5.75 Å². The standard InChI is InChI=1S/C23H27N3O5S/c27-21-8-4-3-7-20(21)23(29)25-24-22(28)17-11-13-26(14-12-17)32(30,31)19-10-9-16-5-1-2-6-18(16)15-19/h3-4,7-10,15,17,27H,1-2,5-6,11-14H2,(H,24,28)(H,25,29). The van der Waals surface area contributed by atoms with Crippen LogP contribution in [-0.2, 0) is 27.7 Å². The van der Waals surface area contributed by atoms with E-state index in [1.165, 1.54) is 22.0 Å². The van der Waals surface area contributed by atoms with Crippen molar-refractivity contribution < 1.29 is 23.1 Å². The van der Waals surface area contributed by atoms with Crippen molar-refractivity contribution in [2.75, 3.05) is 13.1 Å². The molecule has 9 heteroatoms. The van der Waals surface area contributed by atoms with E-state index in [-0.39, 0.29) is 30.3 Å². The first-order valence-corrected chi connectivity index (χ1v) is 12.3. The topological polar surface area (TPSA) is 116 Å². The van der Waals surface area contributed by atoms with Crippen molar-refractivity contribution in [1.82, 2.24) is 15.2 Å². The molecule has 0 bridgehead atoms. The lowest BCUT2D eigenvalue weighted by Crippen LogP contribution is -2.48. The minimum atomic E-state index is -3.61. The first-order chi connectivity index (χ1) is 15.4. The van der Waals surface area contributed by atoms with Crippen LogP contribution in [0.3, 0.4) is 0 Å². The Balaban J connectivity index is 1.33. The van der Waals surface area contributed by atoms with Crippen LogP contribution in [0.5, 0.6) is 5.75 Å². The van der Waals surface area contributed by atoms with Gasteiger partial charge in [0.15, 0.2) is 0 Å². The number of hydrogen-bond acceptors (Lipinski definition) is 5. The average Bonchev–Trinajstić information content (AvgIpc) is 2.82. The quantitative estimate of drug-likeness (QED) is 0.609. The summed E-state index contributed by atoms with van der Waals surface area (Å²) in [6.07, 6.45) is 4.86. The SMILES string of the molecule is O=C(NNC(=O)C1CCN(S(=O)(=O)c2ccc3c(c2)CCCC3)CC1)c1ccccc1O. The number of piperidine rings is 1. The second-order valence-electron chi connectivity index (χ2n) is 8.28. The molecule has 1 aliphatic carbocycles. The smallest absolute Gasteiger partial charge is 0.273 e. The van der Waals surface area contributed by atoms with Gasteiger partial charge in [-0.2, -0.15) is 4.31 Å². The number of fused-ring (bicyclic) bond motifs is 1. The summed E-state index contributed by atoms with van der Waals surface area (Å²) in [5.41, 5.74) is 7.09.